The molecule has 0 spiro atoms. The fourth-order valence-corrected chi connectivity index (χ4v) is 2.23. The Morgan fingerprint density at radius 1 is 1.13 bits per heavy atom. The topological polar surface area (TPSA) is 76.0 Å². The van der Waals surface area contributed by atoms with E-state index >= 15 is 0 Å². The summed E-state index contributed by atoms with van der Waals surface area (Å²) < 4.78 is 1.83. The van der Waals surface area contributed by atoms with Crippen molar-refractivity contribution < 1.29 is 9.59 Å². The van der Waals surface area contributed by atoms with E-state index in [1.807, 2.05) is 43.7 Å². The first-order chi connectivity index (χ1) is 11.0. The largest absolute Gasteiger partial charge is 0.355 e. The lowest BCUT2D eigenvalue weighted by atomic mass is 10.2. The van der Waals surface area contributed by atoms with Crippen molar-refractivity contribution in [3.63, 3.8) is 0 Å². The zero-order valence-electron chi connectivity index (χ0n) is 13.7. The number of carbonyl (C=O) groups is 2. The van der Waals surface area contributed by atoms with Gasteiger partial charge in [0.25, 0.3) is 5.91 Å². The second-order valence-corrected chi connectivity index (χ2v) is 5.42. The van der Waals surface area contributed by atoms with Crippen molar-refractivity contribution >= 4 is 11.8 Å². The van der Waals surface area contributed by atoms with E-state index in [4.69, 9.17) is 0 Å². The molecule has 2 aromatic rings. The van der Waals surface area contributed by atoms with Crippen LogP contribution in [0.3, 0.4) is 0 Å². The molecule has 0 saturated heterocycles. The fraction of sp³-hybridized carbons (Fsp3) is 0.353. The molecular weight excluding hydrogens is 292 g/mol. The Morgan fingerprint density at radius 3 is 2.39 bits per heavy atom. The number of hydrogen-bond acceptors (Lipinski definition) is 3. The number of nitrogens with zero attached hydrogens (tertiary/aromatic N) is 2. The van der Waals surface area contributed by atoms with Gasteiger partial charge in [0.1, 0.15) is 0 Å². The third-order valence-electron chi connectivity index (χ3n) is 3.37. The molecule has 122 valence electrons. The number of aryl methyl sites for hydroxylation is 2. The fourth-order valence-electron chi connectivity index (χ4n) is 2.23. The van der Waals surface area contributed by atoms with Gasteiger partial charge in [0.15, 0.2) is 0 Å². The molecule has 0 aliphatic rings. The van der Waals surface area contributed by atoms with Gasteiger partial charge in [-0.3, -0.25) is 9.59 Å². The lowest BCUT2D eigenvalue weighted by Gasteiger charge is -2.08. The summed E-state index contributed by atoms with van der Waals surface area (Å²) in [5, 5.41) is 9.73. The van der Waals surface area contributed by atoms with Crippen LogP contribution in [0.5, 0.6) is 0 Å². The second kappa shape index (κ2) is 7.58. The molecule has 0 unspecified atom stereocenters. The van der Waals surface area contributed by atoms with E-state index < -0.39 is 0 Å². The van der Waals surface area contributed by atoms with Gasteiger partial charge in [-0.25, -0.2) is 4.68 Å². The van der Waals surface area contributed by atoms with Crippen molar-refractivity contribution in [2.45, 2.75) is 27.2 Å². The minimum atomic E-state index is -0.267. The lowest BCUT2D eigenvalue weighted by molar-refractivity contribution is -0.120. The molecule has 1 aromatic heterocycles. The van der Waals surface area contributed by atoms with E-state index in [0.29, 0.717) is 12.1 Å². The highest BCUT2D eigenvalue weighted by Gasteiger charge is 2.09. The number of rotatable bonds is 6. The molecule has 0 saturated carbocycles. The molecule has 2 N–H and O–H groups in total. The zero-order chi connectivity index (χ0) is 16.8. The molecule has 2 amide bonds. The Bertz CT molecular complexity index is 689. The summed E-state index contributed by atoms with van der Waals surface area (Å²) >= 11 is 0. The Labute approximate surface area is 135 Å². The van der Waals surface area contributed by atoms with Crippen LogP contribution in [0.25, 0.3) is 5.69 Å². The van der Waals surface area contributed by atoms with E-state index in [1.165, 1.54) is 0 Å². The third-order valence-corrected chi connectivity index (χ3v) is 3.37. The normalized spacial score (nSPS) is 10.4. The van der Waals surface area contributed by atoms with E-state index in [9.17, 15) is 9.59 Å². The molecule has 6 nitrogen and oxygen atoms in total. The third kappa shape index (κ3) is 4.42. The minimum Gasteiger partial charge on any atom is -0.355 e. The van der Waals surface area contributed by atoms with E-state index in [1.54, 1.807) is 12.1 Å². The van der Waals surface area contributed by atoms with Crippen LogP contribution in [0, 0.1) is 13.8 Å². The lowest BCUT2D eigenvalue weighted by Crippen LogP contribution is -2.37. The highest BCUT2D eigenvalue weighted by Crippen LogP contribution is 2.13. The number of nitrogens with one attached hydrogen (secondary N) is 2. The van der Waals surface area contributed by atoms with E-state index in [2.05, 4.69) is 15.7 Å². The molecule has 23 heavy (non-hydrogen) atoms. The molecule has 0 fully saturated rings. The Hall–Kier alpha value is -2.63. The van der Waals surface area contributed by atoms with Crippen LogP contribution in [0.4, 0.5) is 0 Å². The van der Waals surface area contributed by atoms with E-state index in [0.717, 1.165) is 23.5 Å². The van der Waals surface area contributed by atoms with Crippen LogP contribution < -0.4 is 10.6 Å². The summed E-state index contributed by atoms with van der Waals surface area (Å²) in [6.45, 7) is 6.50. The smallest absolute Gasteiger partial charge is 0.251 e. The maximum absolute atomic E-state index is 12.0. The first-order valence-corrected chi connectivity index (χ1v) is 7.70. The maximum atomic E-state index is 12.0. The highest BCUT2D eigenvalue weighted by atomic mass is 16.2. The monoisotopic (exact) mass is 314 g/mol. The van der Waals surface area contributed by atoms with Crippen molar-refractivity contribution in [2.24, 2.45) is 0 Å². The minimum absolute atomic E-state index is 0.0158. The molecule has 0 aliphatic carbocycles. The van der Waals surface area contributed by atoms with Crippen LogP contribution >= 0.6 is 0 Å². The van der Waals surface area contributed by atoms with Crippen LogP contribution in [0.1, 0.15) is 35.1 Å². The van der Waals surface area contributed by atoms with Gasteiger partial charge in [-0.05, 0) is 50.6 Å². The summed E-state index contributed by atoms with van der Waals surface area (Å²) in [5.41, 5.74) is 3.39. The average Bonchev–Trinajstić information content (AvgIpc) is 2.89. The van der Waals surface area contributed by atoms with Crippen molar-refractivity contribution in [1.82, 2.24) is 20.4 Å². The average molecular weight is 314 g/mol. The first-order valence-electron chi connectivity index (χ1n) is 7.70. The van der Waals surface area contributed by atoms with Crippen molar-refractivity contribution in [1.29, 1.82) is 0 Å². The van der Waals surface area contributed by atoms with Crippen LogP contribution in [-0.4, -0.2) is 34.7 Å². The zero-order valence-corrected chi connectivity index (χ0v) is 13.7. The number of hydrogen-bond donors (Lipinski definition) is 2. The summed E-state index contributed by atoms with van der Waals surface area (Å²) in [4.78, 5) is 23.5. The predicted molar refractivity (Wildman–Crippen MR) is 88.7 cm³/mol. The van der Waals surface area contributed by atoms with Gasteiger partial charge in [0, 0.05) is 17.8 Å². The SMILES string of the molecule is CCCNC(=O)CNC(=O)c1ccc(-n2nc(C)cc2C)cc1. The Kier molecular flexibility index (Phi) is 5.51. The molecule has 0 bridgehead atoms. The number of aromatic nitrogens is 2. The molecule has 2 rings (SSSR count). The van der Waals surface area contributed by atoms with Gasteiger partial charge in [0.2, 0.25) is 5.91 Å². The molecule has 0 radical (unpaired) electrons. The molecule has 0 atom stereocenters. The van der Waals surface area contributed by atoms with Gasteiger partial charge < -0.3 is 10.6 Å². The van der Waals surface area contributed by atoms with Crippen LogP contribution in [0.15, 0.2) is 30.3 Å². The molecule has 1 heterocycles. The molecule has 0 aliphatic heterocycles. The van der Waals surface area contributed by atoms with Crippen LogP contribution in [0.2, 0.25) is 0 Å². The summed E-state index contributed by atoms with van der Waals surface area (Å²) in [5.74, 6) is -0.448. The van der Waals surface area contributed by atoms with Gasteiger partial charge in [-0.15, -0.1) is 0 Å². The van der Waals surface area contributed by atoms with Gasteiger partial charge in [0.05, 0.1) is 17.9 Å². The van der Waals surface area contributed by atoms with Crippen LogP contribution in [-0.2, 0) is 4.79 Å². The van der Waals surface area contributed by atoms with Gasteiger partial charge >= 0.3 is 0 Å². The van der Waals surface area contributed by atoms with E-state index in [-0.39, 0.29) is 18.4 Å². The van der Waals surface area contributed by atoms with Gasteiger partial charge in [-0.2, -0.15) is 5.10 Å². The van der Waals surface area contributed by atoms with Crippen molar-refractivity contribution in [2.75, 3.05) is 13.1 Å². The second-order valence-electron chi connectivity index (χ2n) is 5.42. The summed E-state index contributed by atoms with van der Waals surface area (Å²) in [7, 11) is 0. The quantitative estimate of drug-likeness (QED) is 0.853. The Balaban J connectivity index is 1.98. The maximum Gasteiger partial charge on any atom is 0.251 e. The highest BCUT2D eigenvalue weighted by molar-refractivity contribution is 5.96. The van der Waals surface area contributed by atoms with Gasteiger partial charge in [-0.1, -0.05) is 6.92 Å². The number of benzene rings is 1. The molecule has 1 aromatic carbocycles. The Morgan fingerprint density at radius 2 is 1.83 bits per heavy atom. The summed E-state index contributed by atoms with van der Waals surface area (Å²) in [6.07, 6.45) is 0.869. The molecular formula is C17H22N4O2. The standard InChI is InChI=1S/C17H22N4O2/c1-4-9-18-16(22)11-19-17(23)14-5-7-15(8-6-14)21-13(3)10-12(2)20-21/h5-8,10H,4,9,11H2,1-3H3,(H,18,22)(H,19,23). The summed E-state index contributed by atoms with van der Waals surface area (Å²) in [6, 6.07) is 9.13. The first kappa shape index (κ1) is 16.7. The number of amides is 2. The van der Waals surface area contributed by atoms with Crippen molar-refractivity contribution in [3.05, 3.63) is 47.3 Å². The number of carbonyl (C=O) groups excluding carboxylic acids is 2. The predicted octanol–water partition coefficient (Wildman–Crippen LogP) is 1.75. The van der Waals surface area contributed by atoms with Crippen molar-refractivity contribution in [3.8, 4) is 5.69 Å². The molecule has 6 heteroatoms.